The molecule has 9 heteroatoms. The third-order valence-electron chi connectivity index (χ3n) is 6.78. The highest BCUT2D eigenvalue weighted by Crippen LogP contribution is 2.18. The first-order chi connectivity index (χ1) is 21.3. The van der Waals surface area contributed by atoms with Crippen LogP contribution in [0.5, 0.6) is 11.8 Å². The molecule has 5 rings (SSSR count). The Kier molecular flexibility index (Phi) is 11.5. The lowest BCUT2D eigenvalue weighted by molar-refractivity contribution is 0.263. The second-order valence-electron chi connectivity index (χ2n) is 10.1. The van der Waals surface area contributed by atoms with Gasteiger partial charge < -0.3 is 20.7 Å². The SMILES string of the molecule is c1ccc(CNCCN(CCNCc2ccccn2)Cc2ccc(CNc3ccc(Oc4ccccn4)nc3)cc2)nc1. The Labute approximate surface area is 253 Å². The monoisotopic (exact) mass is 574 g/mol. The van der Waals surface area contributed by atoms with Gasteiger partial charge in [-0.1, -0.05) is 42.5 Å². The van der Waals surface area contributed by atoms with Gasteiger partial charge in [0.2, 0.25) is 11.8 Å². The van der Waals surface area contributed by atoms with Crippen molar-refractivity contribution < 1.29 is 4.74 Å². The molecule has 1 aromatic carbocycles. The third kappa shape index (κ3) is 10.6. The van der Waals surface area contributed by atoms with E-state index < -0.39 is 0 Å². The molecule has 0 atom stereocenters. The van der Waals surface area contributed by atoms with E-state index in [0.29, 0.717) is 18.3 Å². The number of hydrogen-bond donors (Lipinski definition) is 3. The van der Waals surface area contributed by atoms with Crippen molar-refractivity contribution in [1.29, 1.82) is 0 Å². The molecule has 0 fully saturated rings. The van der Waals surface area contributed by atoms with Crippen molar-refractivity contribution in [2.45, 2.75) is 26.2 Å². The van der Waals surface area contributed by atoms with Crippen LogP contribution in [0, 0.1) is 0 Å². The van der Waals surface area contributed by atoms with E-state index in [0.717, 1.165) is 62.9 Å². The molecule has 0 saturated heterocycles. The molecule has 0 saturated carbocycles. The molecule has 0 bridgehead atoms. The molecule has 0 radical (unpaired) electrons. The van der Waals surface area contributed by atoms with E-state index in [1.54, 1.807) is 18.5 Å². The van der Waals surface area contributed by atoms with Crippen molar-refractivity contribution in [3.8, 4) is 11.8 Å². The van der Waals surface area contributed by atoms with Crippen LogP contribution in [0.15, 0.2) is 116 Å². The van der Waals surface area contributed by atoms with Crippen LogP contribution in [-0.2, 0) is 26.2 Å². The van der Waals surface area contributed by atoms with E-state index in [4.69, 9.17) is 4.74 Å². The van der Waals surface area contributed by atoms with Crippen LogP contribution in [0.25, 0.3) is 0 Å². The summed E-state index contributed by atoms with van der Waals surface area (Å²) in [4.78, 5) is 19.8. The molecule has 0 aliphatic rings. The first-order valence-corrected chi connectivity index (χ1v) is 14.6. The number of nitrogens with one attached hydrogen (secondary N) is 3. The van der Waals surface area contributed by atoms with E-state index in [1.807, 2.05) is 73.1 Å². The number of hydrogen-bond acceptors (Lipinski definition) is 9. The molecule has 0 aliphatic carbocycles. The fourth-order valence-electron chi connectivity index (χ4n) is 4.47. The lowest BCUT2D eigenvalue weighted by atomic mass is 10.1. The molecule has 4 aromatic heterocycles. The largest absolute Gasteiger partial charge is 0.421 e. The third-order valence-corrected chi connectivity index (χ3v) is 6.78. The highest BCUT2D eigenvalue weighted by molar-refractivity contribution is 5.43. The highest BCUT2D eigenvalue weighted by Gasteiger charge is 2.07. The molecular formula is C34H38N8O. The van der Waals surface area contributed by atoms with Crippen molar-refractivity contribution in [2.75, 3.05) is 31.5 Å². The summed E-state index contributed by atoms with van der Waals surface area (Å²) in [6.07, 6.45) is 7.14. The van der Waals surface area contributed by atoms with Crippen molar-refractivity contribution >= 4 is 5.69 Å². The molecular weight excluding hydrogens is 536 g/mol. The minimum atomic E-state index is 0.511. The number of pyridine rings is 4. The van der Waals surface area contributed by atoms with E-state index in [1.165, 1.54) is 11.1 Å². The quantitative estimate of drug-likeness (QED) is 0.132. The summed E-state index contributed by atoms with van der Waals surface area (Å²) >= 11 is 0. The summed E-state index contributed by atoms with van der Waals surface area (Å²) in [6.45, 7) is 6.78. The molecule has 220 valence electrons. The van der Waals surface area contributed by atoms with Gasteiger partial charge in [-0.25, -0.2) is 9.97 Å². The number of aromatic nitrogens is 4. The standard InChI is InChI=1S/C34H38N8O/c1-4-16-37-30(7-1)24-35-19-21-42(22-20-36-25-31-8-2-5-17-38-31)27-29-12-10-28(11-13-29)23-40-32-14-15-34(41-26-32)43-33-9-3-6-18-39-33/h1-18,26,35-36,40H,19-25,27H2. The molecule has 9 nitrogen and oxygen atoms in total. The Morgan fingerprint density at radius 2 is 1.16 bits per heavy atom. The van der Waals surface area contributed by atoms with Crippen molar-refractivity contribution in [3.63, 3.8) is 0 Å². The summed E-state index contributed by atoms with van der Waals surface area (Å²) < 4.78 is 5.68. The Bertz CT molecular complexity index is 1410. The Morgan fingerprint density at radius 3 is 1.72 bits per heavy atom. The molecule has 43 heavy (non-hydrogen) atoms. The maximum Gasteiger partial charge on any atom is 0.221 e. The van der Waals surface area contributed by atoms with Gasteiger partial charge in [-0.15, -0.1) is 0 Å². The highest BCUT2D eigenvalue weighted by atomic mass is 16.5. The maximum atomic E-state index is 5.68. The number of anilines is 1. The van der Waals surface area contributed by atoms with E-state index in [2.05, 4.69) is 65.1 Å². The van der Waals surface area contributed by atoms with Crippen LogP contribution < -0.4 is 20.7 Å². The lowest BCUT2D eigenvalue weighted by Gasteiger charge is -2.23. The summed E-state index contributed by atoms with van der Waals surface area (Å²) in [5.41, 5.74) is 5.54. The van der Waals surface area contributed by atoms with Gasteiger partial charge in [0, 0.05) is 83.1 Å². The minimum absolute atomic E-state index is 0.511. The molecule has 4 heterocycles. The summed E-state index contributed by atoms with van der Waals surface area (Å²) in [6, 6.07) is 30.2. The maximum absolute atomic E-state index is 5.68. The van der Waals surface area contributed by atoms with Crippen LogP contribution in [0.1, 0.15) is 22.5 Å². The van der Waals surface area contributed by atoms with Crippen LogP contribution in [-0.4, -0.2) is 51.0 Å². The minimum Gasteiger partial charge on any atom is -0.421 e. The van der Waals surface area contributed by atoms with Crippen molar-refractivity contribution in [2.24, 2.45) is 0 Å². The van der Waals surface area contributed by atoms with Crippen LogP contribution in [0.4, 0.5) is 5.69 Å². The van der Waals surface area contributed by atoms with Gasteiger partial charge >= 0.3 is 0 Å². The molecule has 0 amide bonds. The lowest BCUT2D eigenvalue weighted by Crippen LogP contribution is -2.36. The molecule has 3 N–H and O–H groups in total. The zero-order valence-corrected chi connectivity index (χ0v) is 24.3. The summed E-state index contributed by atoms with van der Waals surface area (Å²) in [5, 5.41) is 10.5. The number of ether oxygens (including phenoxy) is 1. The average molecular weight is 575 g/mol. The van der Waals surface area contributed by atoms with Gasteiger partial charge in [-0.2, -0.15) is 0 Å². The smallest absolute Gasteiger partial charge is 0.221 e. The van der Waals surface area contributed by atoms with Gasteiger partial charge in [-0.3, -0.25) is 14.9 Å². The van der Waals surface area contributed by atoms with E-state index in [9.17, 15) is 0 Å². The van der Waals surface area contributed by atoms with Gasteiger partial charge in [0.15, 0.2) is 0 Å². The predicted molar refractivity (Wildman–Crippen MR) is 169 cm³/mol. The second kappa shape index (κ2) is 16.7. The normalized spacial score (nSPS) is 11.0. The van der Waals surface area contributed by atoms with Gasteiger partial charge in [0.25, 0.3) is 0 Å². The zero-order valence-electron chi connectivity index (χ0n) is 24.3. The Balaban J connectivity index is 1.09. The van der Waals surface area contributed by atoms with Gasteiger partial charge in [0.05, 0.1) is 23.3 Å². The number of benzene rings is 1. The van der Waals surface area contributed by atoms with Crippen LogP contribution in [0.3, 0.4) is 0 Å². The van der Waals surface area contributed by atoms with Crippen molar-refractivity contribution in [3.05, 3.63) is 138 Å². The topological polar surface area (TPSA) is 100 Å². The van der Waals surface area contributed by atoms with E-state index in [-0.39, 0.29) is 0 Å². The number of nitrogens with zero attached hydrogens (tertiary/aromatic N) is 5. The molecule has 0 spiro atoms. The molecule has 0 unspecified atom stereocenters. The molecule has 5 aromatic rings. The Morgan fingerprint density at radius 1 is 0.558 bits per heavy atom. The summed E-state index contributed by atoms with van der Waals surface area (Å²) in [5.74, 6) is 1.04. The fraction of sp³-hybridized carbons (Fsp3) is 0.235. The summed E-state index contributed by atoms with van der Waals surface area (Å²) in [7, 11) is 0. The first-order valence-electron chi connectivity index (χ1n) is 14.6. The predicted octanol–water partition coefficient (Wildman–Crippen LogP) is 5.05. The molecule has 0 aliphatic heterocycles. The van der Waals surface area contributed by atoms with Crippen LogP contribution in [0.2, 0.25) is 0 Å². The number of rotatable bonds is 17. The van der Waals surface area contributed by atoms with Crippen molar-refractivity contribution in [1.82, 2.24) is 35.5 Å². The Hall–Kier alpha value is -4.70. The fourth-order valence-corrected chi connectivity index (χ4v) is 4.47. The van der Waals surface area contributed by atoms with Crippen LogP contribution >= 0.6 is 0 Å². The van der Waals surface area contributed by atoms with E-state index >= 15 is 0 Å². The second-order valence-corrected chi connectivity index (χ2v) is 10.1. The zero-order chi connectivity index (χ0) is 29.4. The average Bonchev–Trinajstić information content (AvgIpc) is 3.06. The first kappa shape index (κ1) is 29.8. The van der Waals surface area contributed by atoms with Gasteiger partial charge in [-0.05, 0) is 47.5 Å². The van der Waals surface area contributed by atoms with Gasteiger partial charge in [0.1, 0.15) is 0 Å².